The van der Waals surface area contributed by atoms with Crippen molar-refractivity contribution in [2.75, 3.05) is 55.0 Å². The molecule has 2 aromatic rings. The Morgan fingerprint density at radius 3 is 2.57 bits per heavy atom. The van der Waals surface area contributed by atoms with Crippen LogP contribution in [0.15, 0.2) is 42.5 Å². The molecule has 3 amide bonds. The van der Waals surface area contributed by atoms with Crippen LogP contribution in [0.1, 0.15) is 18.1 Å². The van der Waals surface area contributed by atoms with E-state index in [-0.39, 0.29) is 23.7 Å². The lowest BCUT2D eigenvalue weighted by Gasteiger charge is -2.37. The van der Waals surface area contributed by atoms with E-state index in [0.717, 1.165) is 16.8 Å². The van der Waals surface area contributed by atoms with Crippen molar-refractivity contribution >= 4 is 52.6 Å². The fraction of sp³-hybridized carbons (Fsp3) is 0.400. The molecule has 1 spiro atoms. The number of ether oxygens (including phenoxy) is 1. The largest absolute Gasteiger partial charge is 0.450 e. The van der Waals surface area contributed by atoms with Crippen LogP contribution in [0.25, 0.3) is 0 Å². The van der Waals surface area contributed by atoms with Gasteiger partial charge in [0.1, 0.15) is 0 Å². The highest BCUT2D eigenvalue weighted by atomic mass is 35.5. The van der Waals surface area contributed by atoms with Crippen molar-refractivity contribution in [3.05, 3.63) is 58.6 Å². The standard InChI is InChI=1S/C25H27ClN4O4S/c1-3-34-24(33)28-12-10-27(11-13-28)16-29-21-7-5-4-6-19(21)25(23(29)32)30(22(31)15-35-25)18-9-8-17(2)20(26)14-18/h4-9,14H,3,10-13,15-16H2,1-2H3. The lowest BCUT2D eigenvalue weighted by molar-refractivity contribution is -0.124. The zero-order valence-corrected chi connectivity index (χ0v) is 21.3. The number of para-hydroxylation sites is 1. The Morgan fingerprint density at radius 1 is 1.11 bits per heavy atom. The van der Waals surface area contributed by atoms with E-state index in [0.29, 0.717) is 50.2 Å². The normalized spacial score (nSPS) is 22.3. The highest BCUT2D eigenvalue weighted by Gasteiger charge is 2.61. The molecule has 3 aliphatic rings. The molecule has 0 aliphatic carbocycles. The fourth-order valence-electron chi connectivity index (χ4n) is 4.90. The third kappa shape index (κ3) is 3.95. The zero-order valence-electron chi connectivity index (χ0n) is 19.7. The van der Waals surface area contributed by atoms with Gasteiger partial charge in [-0.1, -0.05) is 35.9 Å². The van der Waals surface area contributed by atoms with Gasteiger partial charge in [-0.2, -0.15) is 0 Å². The van der Waals surface area contributed by atoms with E-state index in [1.165, 1.54) is 11.8 Å². The second-order valence-corrected chi connectivity index (χ2v) is 10.4. The van der Waals surface area contributed by atoms with E-state index in [4.69, 9.17) is 16.3 Å². The minimum absolute atomic E-state index is 0.122. The molecule has 0 bridgehead atoms. The maximum atomic E-state index is 14.2. The minimum Gasteiger partial charge on any atom is -0.450 e. The molecule has 35 heavy (non-hydrogen) atoms. The van der Waals surface area contributed by atoms with Crippen LogP contribution in [0.4, 0.5) is 16.2 Å². The van der Waals surface area contributed by atoms with Crippen molar-refractivity contribution < 1.29 is 19.1 Å². The van der Waals surface area contributed by atoms with Gasteiger partial charge in [0.2, 0.25) is 10.8 Å². The van der Waals surface area contributed by atoms with Gasteiger partial charge in [-0.05, 0) is 37.6 Å². The lowest BCUT2D eigenvalue weighted by Crippen LogP contribution is -2.55. The Labute approximate surface area is 213 Å². The Balaban J connectivity index is 1.44. The Kier molecular flexibility index (Phi) is 6.41. The van der Waals surface area contributed by atoms with Crippen molar-refractivity contribution in [2.24, 2.45) is 0 Å². The predicted molar refractivity (Wildman–Crippen MR) is 137 cm³/mol. The molecule has 2 fully saturated rings. The number of carbonyl (C=O) groups is 3. The average molecular weight is 515 g/mol. The summed E-state index contributed by atoms with van der Waals surface area (Å²) in [5.41, 5.74) is 3.13. The zero-order chi connectivity index (χ0) is 24.7. The van der Waals surface area contributed by atoms with Gasteiger partial charge in [0.25, 0.3) is 5.91 Å². The van der Waals surface area contributed by atoms with Crippen molar-refractivity contribution in [3.63, 3.8) is 0 Å². The maximum absolute atomic E-state index is 14.2. The number of fused-ring (bicyclic) bond motifs is 2. The molecule has 8 nitrogen and oxygen atoms in total. The van der Waals surface area contributed by atoms with Gasteiger partial charge in [-0.15, -0.1) is 11.8 Å². The van der Waals surface area contributed by atoms with E-state index in [1.807, 2.05) is 43.3 Å². The molecule has 2 aromatic carbocycles. The summed E-state index contributed by atoms with van der Waals surface area (Å²) >= 11 is 7.75. The first-order chi connectivity index (χ1) is 16.9. The van der Waals surface area contributed by atoms with E-state index in [2.05, 4.69) is 4.90 Å². The van der Waals surface area contributed by atoms with Crippen LogP contribution < -0.4 is 9.80 Å². The van der Waals surface area contributed by atoms with Gasteiger partial charge in [0, 0.05) is 42.5 Å². The molecule has 2 saturated heterocycles. The van der Waals surface area contributed by atoms with Gasteiger partial charge >= 0.3 is 6.09 Å². The smallest absolute Gasteiger partial charge is 0.409 e. The van der Waals surface area contributed by atoms with E-state index in [9.17, 15) is 14.4 Å². The first-order valence-electron chi connectivity index (χ1n) is 11.7. The van der Waals surface area contributed by atoms with Crippen molar-refractivity contribution in [1.82, 2.24) is 9.80 Å². The quantitative estimate of drug-likeness (QED) is 0.620. The maximum Gasteiger partial charge on any atom is 0.409 e. The topological polar surface area (TPSA) is 73.4 Å². The summed E-state index contributed by atoms with van der Waals surface area (Å²) in [4.78, 5) is 45.4. The molecule has 184 valence electrons. The number of thioether (sulfide) groups is 1. The highest BCUT2D eigenvalue weighted by molar-refractivity contribution is 8.02. The number of piperazine rings is 1. The van der Waals surface area contributed by atoms with Crippen LogP contribution in [0.2, 0.25) is 5.02 Å². The Bertz CT molecular complexity index is 1190. The summed E-state index contributed by atoms with van der Waals surface area (Å²) in [6, 6.07) is 13.1. The molecule has 1 unspecified atom stereocenters. The van der Waals surface area contributed by atoms with Crippen molar-refractivity contribution in [2.45, 2.75) is 18.7 Å². The van der Waals surface area contributed by atoms with E-state index < -0.39 is 4.87 Å². The predicted octanol–water partition coefficient (Wildman–Crippen LogP) is 3.66. The van der Waals surface area contributed by atoms with Crippen molar-refractivity contribution in [1.29, 1.82) is 0 Å². The number of benzene rings is 2. The molecule has 3 heterocycles. The second-order valence-electron chi connectivity index (χ2n) is 8.79. The minimum atomic E-state index is -1.17. The van der Waals surface area contributed by atoms with Gasteiger partial charge in [0.05, 0.1) is 24.7 Å². The molecule has 0 saturated carbocycles. The number of anilines is 2. The Hall–Kier alpha value is -2.75. The van der Waals surface area contributed by atoms with Gasteiger partial charge in [-0.25, -0.2) is 4.79 Å². The number of amides is 3. The van der Waals surface area contributed by atoms with E-state index >= 15 is 0 Å². The van der Waals surface area contributed by atoms with Crippen LogP contribution in [0.5, 0.6) is 0 Å². The SMILES string of the molecule is CCOC(=O)N1CCN(CN2C(=O)C3(SCC(=O)N3c3ccc(C)c(Cl)c3)c3ccccc32)CC1. The number of halogens is 1. The van der Waals surface area contributed by atoms with Crippen molar-refractivity contribution in [3.8, 4) is 0 Å². The summed E-state index contributed by atoms with van der Waals surface area (Å²) in [6.45, 7) is 6.75. The summed E-state index contributed by atoms with van der Waals surface area (Å²) in [5, 5.41) is 0.553. The monoisotopic (exact) mass is 514 g/mol. The van der Waals surface area contributed by atoms with Crippen LogP contribution in [-0.4, -0.2) is 72.9 Å². The van der Waals surface area contributed by atoms with Gasteiger partial charge < -0.3 is 9.64 Å². The molecule has 1 atom stereocenters. The molecule has 5 rings (SSSR count). The molecular weight excluding hydrogens is 488 g/mol. The third-order valence-corrected chi connectivity index (χ3v) is 8.51. The number of rotatable bonds is 4. The molecule has 3 aliphatic heterocycles. The summed E-state index contributed by atoms with van der Waals surface area (Å²) in [6.07, 6.45) is -0.304. The summed E-state index contributed by atoms with van der Waals surface area (Å²) < 4.78 is 5.11. The van der Waals surface area contributed by atoms with Crippen LogP contribution >= 0.6 is 23.4 Å². The number of hydrogen-bond acceptors (Lipinski definition) is 6. The van der Waals surface area contributed by atoms with Gasteiger partial charge in [0.15, 0.2) is 0 Å². The molecular formula is C25H27ClN4O4S. The first kappa shape index (κ1) is 24.0. The van der Waals surface area contributed by atoms with Gasteiger partial charge in [-0.3, -0.25) is 24.3 Å². The van der Waals surface area contributed by atoms with Crippen LogP contribution in [0, 0.1) is 6.92 Å². The number of aryl methyl sites for hydroxylation is 1. The molecule has 0 N–H and O–H groups in total. The van der Waals surface area contributed by atoms with Crippen LogP contribution in [0.3, 0.4) is 0 Å². The summed E-state index contributed by atoms with van der Waals surface area (Å²) in [7, 11) is 0. The molecule has 0 radical (unpaired) electrons. The number of nitrogens with zero attached hydrogens (tertiary/aromatic N) is 4. The van der Waals surface area contributed by atoms with Crippen LogP contribution in [-0.2, 0) is 19.2 Å². The fourth-order valence-corrected chi connectivity index (χ4v) is 6.44. The second kappa shape index (κ2) is 9.37. The third-order valence-electron chi connectivity index (χ3n) is 6.72. The first-order valence-corrected chi connectivity index (χ1v) is 13.0. The summed E-state index contributed by atoms with van der Waals surface area (Å²) in [5.74, 6) is -0.0560. The lowest BCUT2D eigenvalue weighted by atomic mass is 10.0. The highest BCUT2D eigenvalue weighted by Crippen LogP contribution is 2.55. The Morgan fingerprint density at radius 2 is 1.86 bits per heavy atom. The molecule has 0 aromatic heterocycles. The van der Waals surface area contributed by atoms with E-state index in [1.54, 1.807) is 27.7 Å². The average Bonchev–Trinajstić information content (AvgIpc) is 3.32. The number of hydrogen-bond donors (Lipinski definition) is 0. The molecule has 10 heteroatoms. The number of carbonyl (C=O) groups excluding carboxylic acids is 3.